The topological polar surface area (TPSA) is 58.4 Å². The normalized spacial score (nSPS) is 10.6. The number of anilines is 1. The first-order valence-electron chi connectivity index (χ1n) is 7.18. The van der Waals surface area contributed by atoms with Crippen LogP contribution in [0.5, 0.6) is 0 Å². The van der Waals surface area contributed by atoms with Gasteiger partial charge in [0, 0.05) is 18.4 Å². The summed E-state index contributed by atoms with van der Waals surface area (Å²) < 4.78 is 1.97. The molecule has 0 saturated carbocycles. The van der Waals surface area contributed by atoms with Gasteiger partial charge in [0.2, 0.25) is 0 Å². The number of fused-ring (bicyclic) bond motifs is 1. The quantitative estimate of drug-likeness (QED) is 0.779. The minimum absolute atomic E-state index is 0.241. The average Bonchev–Trinajstić information content (AvgIpc) is 2.83. The van der Waals surface area contributed by atoms with E-state index in [2.05, 4.69) is 15.6 Å². The van der Waals surface area contributed by atoms with Crippen LogP contribution in [0.15, 0.2) is 48.7 Å². The molecule has 0 bridgehead atoms. The van der Waals surface area contributed by atoms with E-state index in [1.54, 1.807) is 0 Å². The smallest absolute Gasteiger partial charge is 0.319 e. The number of imidazole rings is 1. The van der Waals surface area contributed by atoms with Gasteiger partial charge in [-0.1, -0.05) is 30.3 Å². The fraction of sp³-hybridized carbons (Fsp3) is 0.176. The Morgan fingerprint density at radius 1 is 1.14 bits per heavy atom. The van der Waals surface area contributed by atoms with Crippen LogP contribution in [0.1, 0.15) is 17.0 Å². The predicted molar refractivity (Wildman–Crippen MR) is 87.0 cm³/mol. The molecule has 0 atom stereocenters. The molecule has 0 aliphatic heterocycles. The van der Waals surface area contributed by atoms with Crippen LogP contribution in [0, 0.1) is 13.8 Å². The molecule has 0 unspecified atom stereocenters. The van der Waals surface area contributed by atoms with Gasteiger partial charge in [-0.2, -0.15) is 0 Å². The van der Waals surface area contributed by atoms with Crippen LogP contribution in [0.4, 0.5) is 10.5 Å². The maximum atomic E-state index is 12.1. The van der Waals surface area contributed by atoms with Gasteiger partial charge in [-0.05, 0) is 31.5 Å². The summed E-state index contributed by atoms with van der Waals surface area (Å²) in [5, 5.41) is 5.71. The third kappa shape index (κ3) is 2.79. The second-order valence-electron chi connectivity index (χ2n) is 5.19. The van der Waals surface area contributed by atoms with Crippen LogP contribution in [0.25, 0.3) is 5.65 Å². The highest BCUT2D eigenvalue weighted by Crippen LogP contribution is 2.19. The van der Waals surface area contributed by atoms with Crippen LogP contribution in [-0.2, 0) is 6.54 Å². The first-order chi connectivity index (χ1) is 10.6. The molecule has 0 radical (unpaired) electrons. The van der Waals surface area contributed by atoms with Crippen molar-refractivity contribution in [2.24, 2.45) is 0 Å². The number of nitrogens with zero attached hydrogens (tertiary/aromatic N) is 2. The van der Waals surface area contributed by atoms with Gasteiger partial charge in [0.15, 0.2) is 5.65 Å². The highest BCUT2D eigenvalue weighted by molar-refractivity contribution is 5.93. The molecule has 0 aliphatic carbocycles. The Hall–Kier alpha value is -2.82. The summed E-state index contributed by atoms with van der Waals surface area (Å²) in [7, 11) is 0. The van der Waals surface area contributed by atoms with Crippen LogP contribution < -0.4 is 10.6 Å². The Labute approximate surface area is 129 Å². The van der Waals surface area contributed by atoms with E-state index in [4.69, 9.17) is 0 Å². The van der Waals surface area contributed by atoms with Crippen molar-refractivity contribution >= 4 is 17.4 Å². The summed E-state index contributed by atoms with van der Waals surface area (Å²) >= 11 is 0. The Balaban J connectivity index is 1.73. The van der Waals surface area contributed by atoms with Crippen molar-refractivity contribution in [1.82, 2.24) is 14.7 Å². The number of benzene rings is 1. The second kappa shape index (κ2) is 5.89. The van der Waals surface area contributed by atoms with Crippen molar-refractivity contribution < 1.29 is 4.79 Å². The number of hydrogen-bond acceptors (Lipinski definition) is 2. The zero-order chi connectivity index (χ0) is 15.5. The fourth-order valence-electron chi connectivity index (χ4n) is 2.34. The molecule has 0 saturated heterocycles. The second-order valence-corrected chi connectivity index (χ2v) is 5.19. The van der Waals surface area contributed by atoms with Crippen LogP contribution >= 0.6 is 0 Å². The van der Waals surface area contributed by atoms with Gasteiger partial charge in [0.05, 0.1) is 11.4 Å². The zero-order valence-electron chi connectivity index (χ0n) is 12.6. The van der Waals surface area contributed by atoms with Crippen LogP contribution in [0.3, 0.4) is 0 Å². The van der Waals surface area contributed by atoms with Crippen LogP contribution in [0.2, 0.25) is 0 Å². The van der Waals surface area contributed by atoms with E-state index in [0.717, 1.165) is 22.6 Å². The lowest BCUT2D eigenvalue weighted by molar-refractivity contribution is 0.252. The number of carbonyl (C=O) groups is 1. The van der Waals surface area contributed by atoms with Crippen molar-refractivity contribution in [2.45, 2.75) is 20.4 Å². The number of hydrogen-bond donors (Lipinski definition) is 2. The summed E-state index contributed by atoms with van der Waals surface area (Å²) in [6.45, 7) is 4.46. The highest BCUT2D eigenvalue weighted by Gasteiger charge is 2.10. The third-order valence-electron chi connectivity index (χ3n) is 3.67. The summed E-state index contributed by atoms with van der Waals surface area (Å²) in [5.41, 5.74) is 4.54. The van der Waals surface area contributed by atoms with Crippen LogP contribution in [-0.4, -0.2) is 15.4 Å². The standard InChI is InChI=1S/C17H18N4O/c1-12-13(2)21-10-6-9-15(16(21)19-12)20-17(22)18-11-14-7-4-3-5-8-14/h3-10H,11H2,1-2H3,(H2,18,20,22). The SMILES string of the molecule is Cc1nc2c(NC(=O)NCc3ccccc3)cccn2c1C. The molecule has 3 aromatic rings. The number of nitrogens with one attached hydrogen (secondary N) is 2. The molecule has 1 aromatic carbocycles. The first-order valence-corrected chi connectivity index (χ1v) is 7.18. The average molecular weight is 294 g/mol. The number of urea groups is 1. The van der Waals surface area contributed by atoms with Crippen molar-refractivity contribution in [3.8, 4) is 0 Å². The maximum Gasteiger partial charge on any atom is 0.319 e. The first kappa shape index (κ1) is 14.1. The Bertz CT molecular complexity index is 808. The van der Waals surface area contributed by atoms with Crippen molar-refractivity contribution in [2.75, 3.05) is 5.32 Å². The molecule has 2 amide bonds. The fourth-order valence-corrected chi connectivity index (χ4v) is 2.34. The van der Waals surface area contributed by atoms with E-state index in [9.17, 15) is 4.79 Å². The van der Waals surface area contributed by atoms with Gasteiger partial charge < -0.3 is 15.0 Å². The maximum absolute atomic E-state index is 12.1. The van der Waals surface area contributed by atoms with Crippen molar-refractivity contribution in [3.05, 3.63) is 65.6 Å². The highest BCUT2D eigenvalue weighted by atomic mass is 16.2. The molecule has 22 heavy (non-hydrogen) atoms. The summed E-state index contributed by atoms with van der Waals surface area (Å²) in [6.07, 6.45) is 1.94. The minimum Gasteiger partial charge on any atom is -0.334 e. The molecule has 2 aromatic heterocycles. The molecule has 5 heteroatoms. The van der Waals surface area contributed by atoms with E-state index in [1.807, 2.05) is 66.9 Å². The van der Waals surface area contributed by atoms with Gasteiger partial charge in [-0.15, -0.1) is 0 Å². The molecule has 2 heterocycles. The van der Waals surface area contributed by atoms with Gasteiger partial charge in [0.1, 0.15) is 0 Å². The van der Waals surface area contributed by atoms with Gasteiger partial charge in [-0.25, -0.2) is 9.78 Å². The Morgan fingerprint density at radius 3 is 2.68 bits per heavy atom. The largest absolute Gasteiger partial charge is 0.334 e. The van der Waals surface area contributed by atoms with E-state index in [1.165, 1.54) is 0 Å². The molecular formula is C17H18N4O. The molecule has 112 valence electrons. The van der Waals surface area contributed by atoms with E-state index in [-0.39, 0.29) is 6.03 Å². The van der Waals surface area contributed by atoms with Gasteiger partial charge in [0.25, 0.3) is 0 Å². The minimum atomic E-state index is -0.241. The number of carbonyl (C=O) groups excluding carboxylic acids is 1. The summed E-state index contributed by atoms with van der Waals surface area (Å²) in [5.74, 6) is 0. The van der Waals surface area contributed by atoms with E-state index < -0.39 is 0 Å². The lowest BCUT2D eigenvalue weighted by atomic mass is 10.2. The Kier molecular flexibility index (Phi) is 3.78. The molecule has 0 spiro atoms. The van der Waals surface area contributed by atoms with Gasteiger partial charge >= 0.3 is 6.03 Å². The van der Waals surface area contributed by atoms with Crippen molar-refractivity contribution in [1.29, 1.82) is 0 Å². The number of rotatable bonds is 3. The molecule has 0 fully saturated rings. The monoisotopic (exact) mass is 294 g/mol. The number of amides is 2. The summed E-state index contributed by atoms with van der Waals surface area (Å²) in [6, 6.07) is 13.3. The van der Waals surface area contributed by atoms with E-state index >= 15 is 0 Å². The molecule has 3 rings (SSSR count). The van der Waals surface area contributed by atoms with E-state index in [0.29, 0.717) is 12.2 Å². The lowest BCUT2D eigenvalue weighted by Crippen LogP contribution is -2.28. The number of aryl methyl sites for hydroxylation is 2. The van der Waals surface area contributed by atoms with Gasteiger partial charge in [-0.3, -0.25) is 0 Å². The molecule has 0 aliphatic rings. The summed E-state index contributed by atoms with van der Waals surface area (Å²) in [4.78, 5) is 16.6. The number of pyridine rings is 1. The molecule has 5 nitrogen and oxygen atoms in total. The number of aromatic nitrogens is 2. The van der Waals surface area contributed by atoms with Crippen molar-refractivity contribution in [3.63, 3.8) is 0 Å². The predicted octanol–water partition coefficient (Wildman–Crippen LogP) is 3.27. The lowest BCUT2D eigenvalue weighted by Gasteiger charge is -2.09. The zero-order valence-corrected chi connectivity index (χ0v) is 12.6. The third-order valence-corrected chi connectivity index (χ3v) is 3.67. The molecule has 2 N–H and O–H groups in total. The molecular weight excluding hydrogens is 276 g/mol. The Morgan fingerprint density at radius 2 is 1.91 bits per heavy atom.